The predicted octanol–water partition coefficient (Wildman–Crippen LogP) is 4.56. The van der Waals surface area contributed by atoms with Crippen LogP contribution in [0.1, 0.15) is 32.6 Å². The van der Waals surface area contributed by atoms with Crippen LogP contribution in [0.25, 0.3) is 0 Å². The molecule has 0 heterocycles. The van der Waals surface area contributed by atoms with Crippen LogP contribution in [-0.2, 0) is 19.7 Å². The average molecular weight is 361 g/mol. The molecule has 0 amide bonds. The lowest BCUT2D eigenvalue weighted by Gasteiger charge is -2.13. The summed E-state index contributed by atoms with van der Waals surface area (Å²) in [5.74, 6) is -0.0399. The zero-order valence-corrected chi connectivity index (χ0v) is 15.3. The maximum absolute atomic E-state index is 10.9. The summed E-state index contributed by atoms with van der Waals surface area (Å²) < 4.78 is 6.02. The highest BCUT2D eigenvalue weighted by Crippen LogP contribution is 2.19. The molecule has 0 radical (unpaired) electrons. The van der Waals surface area contributed by atoms with E-state index in [4.69, 9.17) is 9.84 Å². The van der Waals surface area contributed by atoms with Gasteiger partial charge in [-0.1, -0.05) is 60.2 Å². The lowest BCUT2D eigenvalue weighted by Crippen LogP contribution is -2.13. The molecule has 3 rings (SSSR count). The van der Waals surface area contributed by atoms with Gasteiger partial charge in [-0.25, -0.2) is 4.79 Å². The third-order valence-corrected chi connectivity index (χ3v) is 4.29. The van der Waals surface area contributed by atoms with E-state index in [0.29, 0.717) is 25.3 Å². The Hall–Kier alpha value is -3.11. The zero-order valence-electron chi connectivity index (χ0n) is 15.3. The highest BCUT2D eigenvalue weighted by molar-refractivity contribution is 5.87. The SMILES string of the molecule is Cc1cccc(COc2ccccc2CNCc2ccc(C(=O)O)cc2)c1. The van der Waals surface area contributed by atoms with Crippen molar-refractivity contribution in [3.8, 4) is 5.75 Å². The fourth-order valence-corrected chi connectivity index (χ4v) is 2.86. The first-order chi connectivity index (χ1) is 13.1. The van der Waals surface area contributed by atoms with Crippen molar-refractivity contribution in [3.63, 3.8) is 0 Å². The lowest BCUT2D eigenvalue weighted by atomic mass is 10.1. The van der Waals surface area contributed by atoms with Gasteiger partial charge in [0.25, 0.3) is 0 Å². The molecule has 0 aliphatic carbocycles. The third-order valence-electron chi connectivity index (χ3n) is 4.29. The molecule has 0 aliphatic rings. The number of hydrogen-bond acceptors (Lipinski definition) is 3. The average Bonchev–Trinajstić information content (AvgIpc) is 2.68. The Morgan fingerprint density at radius 3 is 2.44 bits per heavy atom. The Labute approximate surface area is 159 Å². The molecule has 4 nitrogen and oxygen atoms in total. The summed E-state index contributed by atoms with van der Waals surface area (Å²) in [7, 11) is 0. The Morgan fingerprint density at radius 1 is 0.926 bits per heavy atom. The number of rotatable bonds is 8. The second kappa shape index (κ2) is 9.01. The molecule has 138 valence electrons. The Bertz CT molecular complexity index is 904. The summed E-state index contributed by atoms with van der Waals surface area (Å²) in [5, 5.41) is 12.3. The van der Waals surface area contributed by atoms with E-state index in [1.54, 1.807) is 12.1 Å². The minimum Gasteiger partial charge on any atom is -0.489 e. The second-order valence-corrected chi connectivity index (χ2v) is 6.49. The number of aromatic carboxylic acids is 1. The van der Waals surface area contributed by atoms with E-state index in [2.05, 4.69) is 30.4 Å². The van der Waals surface area contributed by atoms with Crippen molar-refractivity contribution in [2.45, 2.75) is 26.6 Å². The molecule has 0 bridgehead atoms. The number of nitrogens with one attached hydrogen (secondary N) is 1. The van der Waals surface area contributed by atoms with Crippen LogP contribution in [0.2, 0.25) is 0 Å². The molecule has 0 aliphatic heterocycles. The van der Waals surface area contributed by atoms with Gasteiger partial charge in [-0.15, -0.1) is 0 Å². The molecule has 4 heteroatoms. The Morgan fingerprint density at radius 2 is 1.70 bits per heavy atom. The molecule has 2 N–H and O–H groups in total. The van der Waals surface area contributed by atoms with Gasteiger partial charge in [0.2, 0.25) is 0 Å². The number of para-hydroxylation sites is 1. The second-order valence-electron chi connectivity index (χ2n) is 6.49. The van der Waals surface area contributed by atoms with Crippen molar-refractivity contribution in [1.82, 2.24) is 5.32 Å². The highest BCUT2D eigenvalue weighted by Gasteiger charge is 2.05. The maximum atomic E-state index is 10.9. The minimum absolute atomic E-state index is 0.300. The van der Waals surface area contributed by atoms with Crippen molar-refractivity contribution < 1.29 is 14.6 Å². The number of aryl methyl sites for hydroxylation is 1. The summed E-state index contributed by atoms with van der Waals surface area (Å²) in [6, 6.07) is 23.2. The van der Waals surface area contributed by atoms with Gasteiger partial charge in [-0.2, -0.15) is 0 Å². The lowest BCUT2D eigenvalue weighted by molar-refractivity contribution is 0.0697. The maximum Gasteiger partial charge on any atom is 0.335 e. The van der Waals surface area contributed by atoms with Crippen molar-refractivity contribution >= 4 is 5.97 Å². The number of benzene rings is 3. The third kappa shape index (κ3) is 5.43. The molecule has 3 aromatic rings. The van der Waals surface area contributed by atoms with E-state index in [9.17, 15) is 4.79 Å². The summed E-state index contributed by atoms with van der Waals surface area (Å²) in [4.78, 5) is 10.9. The van der Waals surface area contributed by atoms with Gasteiger partial charge in [0.1, 0.15) is 12.4 Å². The van der Waals surface area contributed by atoms with Gasteiger partial charge in [-0.3, -0.25) is 0 Å². The molecule has 0 saturated heterocycles. The number of carboxylic acid groups (broad SMARTS) is 1. The van der Waals surface area contributed by atoms with E-state index in [-0.39, 0.29) is 0 Å². The number of hydrogen-bond donors (Lipinski definition) is 2. The minimum atomic E-state index is -0.908. The quantitative estimate of drug-likeness (QED) is 0.617. The number of carbonyl (C=O) groups is 1. The molecule has 3 aromatic carbocycles. The van der Waals surface area contributed by atoms with Crippen LogP contribution in [0, 0.1) is 6.92 Å². The van der Waals surface area contributed by atoms with E-state index in [1.165, 1.54) is 5.56 Å². The fraction of sp³-hybridized carbons (Fsp3) is 0.174. The van der Waals surface area contributed by atoms with Gasteiger partial charge >= 0.3 is 5.97 Å². The van der Waals surface area contributed by atoms with E-state index in [0.717, 1.165) is 22.4 Å². The molecule has 0 atom stereocenters. The molecule has 27 heavy (non-hydrogen) atoms. The molecule has 0 fully saturated rings. The van der Waals surface area contributed by atoms with E-state index in [1.807, 2.05) is 42.5 Å². The smallest absolute Gasteiger partial charge is 0.335 e. The summed E-state index contributed by atoms with van der Waals surface area (Å²) in [5.41, 5.74) is 4.80. The first kappa shape index (κ1) is 18.7. The van der Waals surface area contributed by atoms with Gasteiger partial charge in [-0.05, 0) is 36.2 Å². The Kier molecular flexibility index (Phi) is 6.23. The topological polar surface area (TPSA) is 58.6 Å². The van der Waals surface area contributed by atoms with Crippen molar-refractivity contribution in [2.75, 3.05) is 0 Å². The summed E-state index contributed by atoms with van der Waals surface area (Å²) in [6.45, 7) is 3.94. The predicted molar refractivity (Wildman–Crippen MR) is 106 cm³/mol. The van der Waals surface area contributed by atoms with Crippen LogP contribution in [0.15, 0.2) is 72.8 Å². The molecular weight excluding hydrogens is 338 g/mol. The number of ether oxygens (including phenoxy) is 1. The van der Waals surface area contributed by atoms with Crippen molar-refractivity contribution in [2.24, 2.45) is 0 Å². The standard InChI is InChI=1S/C23H23NO3/c1-17-5-4-6-19(13-17)16-27-22-8-3-2-7-21(22)15-24-14-18-9-11-20(12-10-18)23(25)26/h2-13,24H,14-16H2,1H3,(H,25,26). The Balaban J connectivity index is 1.56. The van der Waals surface area contributed by atoms with Crippen LogP contribution >= 0.6 is 0 Å². The molecule has 0 spiro atoms. The fourth-order valence-electron chi connectivity index (χ4n) is 2.86. The molecule has 0 aromatic heterocycles. The summed E-state index contributed by atoms with van der Waals surface area (Å²) >= 11 is 0. The van der Waals surface area contributed by atoms with Gasteiger partial charge < -0.3 is 15.2 Å². The van der Waals surface area contributed by atoms with Crippen LogP contribution in [0.3, 0.4) is 0 Å². The zero-order chi connectivity index (χ0) is 19.1. The van der Waals surface area contributed by atoms with Crippen molar-refractivity contribution in [3.05, 3.63) is 101 Å². The summed E-state index contributed by atoms with van der Waals surface area (Å²) in [6.07, 6.45) is 0. The normalized spacial score (nSPS) is 10.6. The van der Waals surface area contributed by atoms with Crippen LogP contribution in [-0.4, -0.2) is 11.1 Å². The van der Waals surface area contributed by atoms with E-state index < -0.39 is 5.97 Å². The molecular formula is C23H23NO3. The van der Waals surface area contributed by atoms with Gasteiger partial charge in [0.15, 0.2) is 0 Å². The van der Waals surface area contributed by atoms with Crippen molar-refractivity contribution in [1.29, 1.82) is 0 Å². The van der Waals surface area contributed by atoms with Crippen LogP contribution in [0.4, 0.5) is 0 Å². The monoisotopic (exact) mass is 361 g/mol. The molecule has 0 saturated carbocycles. The largest absolute Gasteiger partial charge is 0.489 e. The van der Waals surface area contributed by atoms with E-state index >= 15 is 0 Å². The van der Waals surface area contributed by atoms with Gasteiger partial charge in [0, 0.05) is 18.7 Å². The number of carboxylic acids is 1. The first-order valence-electron chi connectivity index (χ1n) is 8.91. The molecule has 0 unspecified atom stereocenters. The highest BCUT2D eigenvalue weighted by atomic mass is 16.5. The van der Waals surface area contributed by atoms with Gasteiger partial charge in [0.05, 0.1) is 5.56 Å². The van der Waals surface area contributed by atoms with Crippen LogP contribution in [0.5, 0.6) is 5.75 Å². The van der Waals surface area contributed by atoms with Crippen LogP contribution < -0.4 is 10.1 Å². The first-order valence-corrected chi connectivity index (χ1v) is 8.91.